The van der Waals surface area contributed by atoms with Crippen LogP contribution in [0.3, 0.4) is 0 Å². The number of sulfonamides is 1. The highest BCUT2D eigenvalue weighted by atomic mass is 32.2. The Morgan fingerprint density at radius 2 is 2.04 bits per heavy atom. The van der Waals surface area contributed by atoms with Crippen molar-refractivity contribution in [3.05, 3.63) is 59.9 Å². The Kier molecular flexibility index (Phi) is 6.46. The summed E-state index contributed by atoms with van der Waals surface area (Å²) in [5.74, 6) is -0.0536. The standard InChI is InChI=1S/C21H27N3O3S/c1-3-19-9-4-5-11-21(19)28(26,27)23-13-7-10-20(16-23)24(17(2)25)15-18-8-6-12-22-14-18/h4-6,8-9,11-12,14,20H,3,7,10,13,15-16H2,1-2H3. The lowest BCUT2D eigenvalue weighted by molar-refractivity contribution is -0.132. The summed E-state index contributed by atoms with van der Waals surface area (Å²) in [7, 11) is -3.59. The average Bonchev–Trinajstić information content (AvgIpc) is 2.72. The molecule has 1 aliphatic heterocycles. The molecule has 1 saturated heterocycles. The summed E-state index contributed by atoms with van der Waals surface area (Å²) in [5.41, 5.74) is 1.76. The fourth-order valence-corrected chi connectivity index (χ4v) is 5.58. The summed E-state index contributed by atoms with van der Waals surface area (Å²) in [4.78, 5) is 18.6. The van der Waals surface area contributed by atoms with Crippen molar-refractivity contribution < 1.29 is 13.2 Å². The molecule has 0 bridgehead atoms. The number of nitrogens with zero attached hydrogens (tertiary/aromatic N) is 3. The van der Waals surface area contributed by atoms with Gasteiger partial charge in [0.15, 0.2) is 0 Å². The van der Waals surface area contributed by atoms with Crippen LogP contribution >= 0.6 is 0 Å². The second kappa shape index (κ2) is 8.84. The fraction of sp³-hybridized carbons (Fsp3) is 0.429. The van der Waals surface area contributed by atoms with Crippen molar-refractivity contribution in [2.75, 3.05) is 13.1 Å². The maximum absolute atomic E-state index is 13.3. The predicted molar refractivity (Wildman–Crippen MR) is 108 cm³/mol. The molecule has 1 unspecified atom stereocenters. The Bertz CT molecular complexity index is 916. The monoisotopic (exact) mass is 401 g/mol. The number of amides is 1. The molecule has 0 aliphatic carbocycles. The SMILES string of the molecule is CCc1ccccc1S(=O)(=O)N1CCCC(N(Cc2cccnc2)C(C)=O)C1. The van der Waals surface area contributed by atoms with Gasteiger partial charge in [-0.25, -0.2) is 8.42 Å². The van der Waals surface area contributed by atoms with E-state index in [1.807, 2.05) is 31.2 Å². The van der Waals surface area contributed by atoms with Crippen LogP contribution in [0.2, 0.25) is 0 Å². The lowest BCUT2D eigenvalue weighted by atomic mass is 10.0. The minimum Gasteiger partial charge on any atom is -0.334 e. The van der Waals surface area contributed by atoms with E-state index in [-0.39, 0.29) is 11.9 Å². The highest BCUT2D eigenvalue weighted by Crippen LogP contribution is 2.26. The summed E-state index contributed by atoms with van der Waals surface area (Å²) in [6, 6.07) is 10.8. The zero-order chi connectivity index (χ0) is 20.1. The third kappa shape index (κ3) is 4.42. The second-order valence-electron chi connectivity index (χ2n) is 7.13. The first-order valence-corrected chi connectivity index (χ1v) is 11.1. The molecule has 0 N–H and O–H groups in total. The van der Waals surface area contributed by atoms with Crippen molar-refractivity contribution >= 4 is 15.9 Å². The molecule has 1 aromatic heterocycles. The molecule has 28 heavy (non-hydrogen) atoms. The Balaban J connectivity index is 1.83. The Morgan fingerprint density at radius 3 is 2.71 bits per heavy atom. The van der Waals surface area contributed by atoms with Gasteiger partial charge in [-0.15, -0.1) is 0 Å². The van der Waals surface area contributed by atoms with Crippen LogP contribution in [-0.4, -0.2) is 47.6 Å². The molecule has 2 heterocycles. The lowest BCUT2D eigenvalue weighted by Gasteiger charge is -2.38. The van der Waals surface area contributed by atoms with Crippen molar-refractivity contribution in [1.82, 2.24) is 14.2 Å². The van der Waals surface area contributed by atoms with Gasteiger partial charge in [-0.1, -0.05) is 31.2 Å². The maximum atomic E-state index is 13.3. The van der Waals surface area contributed by atoms with Gasteiger partial charge in [0.25, 0.3) is 0 Å². The maximum Gasteiger partial charge on any atom is 0.243 e. The quantitative estimate of drug-likeness (QED) is 0.746. The van der Waals surface area contributed by atoms with E-state index in [4.69, 9.17) is 0 Å². The summed E-state index contributed by atoms with van der Waals surface area (Å²) in [6.07, 6.45) is 5.62. The molecule has 1 amide bonds. The molecule has 1 aromatic carbocycles. The number of carbonyl (C=O) groups excluding carboxylic acids is 1. The van der Waals surface area contributed by atoms with Crippen molar-refractivity contribution in [1.29, 1.82) is 0 Å². The molecule has 2 aromatic rings. The predicted octanol–water partition coefficient (Wildman–Crippen LogP) is 2.85. The molecule has 3 rings (SSSR count). The zero-order valence-electron chi connectivity index (χ0n) is 16.4. The molecule has 1 fully saturated rings. The Hall–Kier alpha value is -2.25. The fourth-order valence-electron chi connectivity index (χ4n) is 3.77. The van der Waals surface area contributed by atoms with Crippen LogP contribution in [0.4, 0.5) is 0 Å². The number of aryl methyl sites for hydroxylation is 1. The van der Waals surface area contributed by atoms with Gasteiger partial charge in [-0.3, -0.25) is 9.78 Å². The lowest BCUT2D eigenvalue weighted by Crippen LogP contribution is -2.50. The topological polar surface area (TPSA) is 70.6 Å². The van der Waals surface area contributed by atoms with Crippen molar-refractivity contribution in [3.8, 4) is 0 Å². The van der Waals surface area contributed by atoms with Crippen LogP contribution in [0.5, 0.6) is 0 Å². The Labute approximate surface area is 167 Å². The van der Waals surface area contributed by atoms with Gasteiger partial charge >= 0.3 is 0 Å². The molecule has 0 saturated carbocycles. The molecule has 150 valence electrons. The number of aromatic nitrogens is 1. The van der Waals surface area contributed by atoms with Crippen LogP contribution in [0.25, 0.3) is 0 Å². The van der Waals surface area contributed by atoms with Crippen molar-refractivity contribution in [2.24, 2.45) is 0 Å². The van der Waals surface area contributed by atoms with E-state index >= 15 is 0 Å². The number of piperidine rings is 1. The first-order valence-electron chi connectivity index (χ1n) is 9.67. The molecule has 0 spiro atoms. The van der Waals surface area contributed by atoms with Gasteiger partial charge < -0.3 is 4.90 Å². The summed E-state index contributed by atoms with van der Waals surface area (Å²) >= 11 is 0. The minimum atomic E-state index is -3.59. The van der Waals surface area contributed by atoms with Crippen LogP contribution in [0.1, 0.15) is 37.8 Å². The van der Waals surface area contributed by atoms with Gasteiger partial charge in [0.05, 0.1) is 4.90 Å². The number of rotatable bonds is 6. The summed E-state index contributed by atoms with van der Waals surface area (Å²) in [6.45, 7) is 4.73. The summed E-state index contributed by atoms with van der Waals surface area (Å²) < 4.78 is 28.1. The number of benzene rings is 1. The average molecular weight is 402 g/mol. The molecule has 0 radical (unpaired) electrons. The minimum absolute atomic E-state index is 0.0536. The molecule has 1 atom stereocenters. The summed E-state index contributed by atoms with van der Waals surface area (Å²) in [5, 5.41) is 0. The molecule has 6 nitrogen and oxygen atoms in total. The van der Waals surface area contributed by atoms with Gasteiger partial charge in [0.2, 0.25) is 15.9 Å². The first kappa shape index (κ1) is 20.5. The van der Waals surface area contributed by atoms with Crippen LogP contribution in [0.15, 0.2) is 53.7 Å². The van der Waals surface area contributed by atoms with E-state index in [0.29, 0.717) is 31.0 Å². The third-order valence-corrected chi connectivity index (χ3v) is 7.22. The van der Waals surface area contributed by atoms with Crippen LogP contribution in [0, 0.1) is 0 Å². The highest BCUT2D eigenvalue weighted by molar-refractivity contribution is 7.89. The Morgan fingerprint density at radius 1 is 1.25 bits per heavy atom. The van der Waals surface area contributed by atoms with Gasteiger partial charge in [0, 0.05) is 45.0 Å². The number of hydrogen-bond donors (Lipinski definition) is 0. The van der Waals surface area contributed by atoms with Crippen molar-refractivity contribution in [2.45, 2.75) is 50.6 Å². The number of pyridine rings is 1. The molecule has 7 heteroatoms. The van der Waals surface area contributed by atoms with Gasteiger partial charge in [0.1, 0.15) is 0 Å². The van der Waals surface area contributed by atoms with E-state index in [1.165, 1.54) is 11.2 Å². The van der Waals surface area contributed by atoms with Crippen LogP contribution in [-0.2, 0) is 27.8 Å². The van der Waals surface area contributed by atoms with Crippen molar-refractivity contribution in [3.63, 3.8) is 0 Å². The van der Waals surface area contributed by atoms with E-state index in [0.717, 1.165) is 24.0 Å². The highest BCUT2D eigenvalue weighted by Gasteiger charge is 2.34. The van der Waals surface area contributed by atoms with Gasteiger partial charge in [-0.2, -0.15) is 4.31 Å². The first-order chi connectivity index (χ1) is 13.4. The van der Waals surface area contributed by atoms with E-state index in [1.54, 1.807) is 29.4 Å². The molecule has 1 aliphatic rings. The number of carbonyl (C=O) groups is 1. The second-order valence-corrected chi connectivity index (χ2v) is 9.03. The number of hydrogen-bond acceptors (Lipinski definition) is 4. The molecular formula is C21H27N3O3S. The smallest absolute Gasteiger partial charge is 0.243 e. The molecular weight excluding hydrogens is 374 g/mol. The largest absolute Gasteiger partial charge is 0.334 e. The van der Waals surface area contributed by atoms with Gasteiger partial charge in [-0.05, 0) is 42.5 Å². The third-order valence-electron chi connectivity index (χ3n) is 5.25. The van der Waals surface area contributed by atoms with Crippen LogP contribution < -0.4 is 0 Å². The normalized spacial score (nSPS) is 18.0. The van der Waals surface area contributed by atoms with E-state index < -0.39 is 10.0 Å². The zero-order valence-corrected chi connectivity index (χ0v) is 17.2. The van der Waals surface area contributed by atoms with E-state index in [2.05, 4.69) is 4.98 Å². The van der Waals surface area contributed by atoms with E-state index in [9.17, 15) is 13.2 Å².